The number of aliphatic hydroxyl groups excluding tert-OH is 1. The summed E-state index contributed by atoms with van der Waals surface area (Å²) >= 11 is 0. The Kier molecular flexibility index (Phi) is 2.17. The lowest BCUT2D eigenvalue weighted by Gasteiger charge is -2.18. The molecular formula is C10H9NO4. The first kappa shape index (κ1) is 9.67. The number of fused-ring (bicyclic) bond motifs is 1. The van der Waals surface area contributed by atoms with Gasteiger partial charge in [0, 0.05) is 23.7 Å². The number of carbonyl (C=O) groups excluding carboxylic acids is 1. The first-order valence-corrected chi connectivity index (χ1v) is 4.37. The van der Waals surface area contributed by atoms with Crippen LogP contribution in [0.2, 0.25) is 0 Å². The molecule has 1 aromatic rings. The van der Waals surface area contributed by atoms with Crippen molar-refractivity contribution in [1.29, 1.82) is 0 Å². The van der Waals surface area contributed by atoms with Crippen LogP contribution in [0.15, 0.2) is 27.6 Å². The van der Waals surface area contributed by atoms with Crippen molar-refractivity contribution in [2.45, 2.75) is 13.0 Å². The zero-order valence-electron chi connectivity index (χ0n) is 7.87. The molecule has 1 aromatic heterocycles. The van der Waals surface area contributed by atoms with Gasteiger partial charge >= 0.3 is 5.63 Å². The Labute approximate surface area is 85.0 Å². The third-order valence-electron chi connectivity index (χ3n) is 2.18. The van der Waals surface area contributed by atoms with Crippen LogP contribution in [0.5, 0.6) is 0 Å². The molecule has 0 bridgehead atoms. The van der Waals surface area contributed by atoms with Crippen LogP contribution in [0.3, 0.4) is 0 Å². The number of carbonyl (C=O) groups is 1. The number of aliphatic hydroxyl groups is 1. The van der Waals surface area contributed by atoms with Crippen LogP contribution in [-0.2, 0) is 13.0 Å². The van der Waals surface area contributed by atoms with E-state index in [1.807, 2.05) is 0 Å². The van der Waals surface area contributed by atoms with Gasteiger partial charge < -0.3 is 14.8 Å². The Hall–Kier alpha value is -1.88. The molecule has 0 aromatic carbocycles. The van der Waals surface area contributed by atoms with Gasteiger partial charge in [-0.1, -0.05) is 6.58 Å². The molecule has 1 amide bonds. The minimum absolute atomic E-state index is 0.240. The summed E-state index contributed by atoms with van der Waals surface area (Å²) < 4.78 is 4.89. The van der Waals surface area contributed by atoms with Gasteiger partial charge in [0.2, 0.25) is 0 Å². The molecule has 0 atom stereocenters. The molecule has 15 heavy (non-hydrogen) atoms. The van der Waals surface area contributed by atoms with E-state index in [-0.39, 0.29) is 29.9 Å². The summed E-state index contributed by atoms with van der Waals surface area (Å²) in [6.07, 6.45) is 0.282. The molecular weight excluding hydrogens is 198 g/mol. The van der Waals surface area contributed by atoms with Crippen molar-refractivity contribution in [3.8, 4) is 0 Å². The molecule has 5 nitrogen and oxygen atoms in total. The molecule has 2 N–H and O–H groups in total. The number of nitrogens with one attached hydrogen (secondary N) is 1. The van der Waals surface area contributed by atoms with E-state index in [0.717, 1.165) is 6.07 Å². The van der Waals surface area contributed by atoms with Crippen LogP contribution in [0.4, 0.5) is 0 Å². The van der Waals surface area contributed by atoms with Gasteiger partial charge in [-0.3, -0.25) is 4.79 Å². The lowest BCUT2D eigenvalue weighted by Crippen LogP contribution is -2.32. The maximum atomic E-state index is 11.5. The first-order chi connectivity index (χ1) is 7.11. The summed E-state index contributed by atoms with van der Waals surface area (Å²) in [7, 11) is 0. The standard InChI is InChI=1S/C10H9NO4/c1-5-2-7-9(10(14)11-5)6(4-12)3-8(13)15-7/h3,12H,1-2,4H2,(H,11,14). The number of allylic oxidation sites excluding steroid dienone is 1. The van der Waals surface area contributed by atoms with Crippen LogP contribution in [0.1, 0.15) is 21.7 Å². The van der Waals surface area contributed by atoms with E-state index in [1.165, 1.54) is 0 Å². The summed E-state index contributed by atoms with van der Waals surface area (Å²) in [5, 5.41) is 11.5. The molecule has 2 rings (SSSR count). The molecule has 0 spiro atoms. The Bertz CT molecular complexity index is 501. The van der Waals surface area contributed by atoms with E-state index in [1.54, 1.807) is 0 Å². The Morgan fingerprint density at radius 1 is 1.53 bits per heavy atom. The molecule has 0 fully saturated rings. The van der Waals surface area contributed by atoms with E-state index >= 15 is 0 Å². The van der Waals surface area contributed by atoms with Crippen molar-refractivity contribution in [2.75, 3.05) is 0 Å². The maximum absolute atomic E-state index is 11.5. The fourth-order valence-corrected chi connectivity index (χ4v) is 1.58. The summed E-state index contributed by atoms with van der Waals surface area (Å²) in [4.78, 5) is 22.6. The molecule has 0 unspecified atom stereocenters. The Morgan fingerprint density at radius 2 is 2.27 bits per heavy atom. The second kappa shape index (κ2) is 3.36. The monoisotopic (exact) mass is 207 g/mol. The highest BCUT2D eigenvalue weighted by atomic mass is 16.4. The molecule has 78 valence electrons. The van der Waals surface area contributed by atoms with E-state index in [2.05, 4.69) is 11.9 Å². The Morgan fingerprint density at radius 3 is 2.93 bits per heavy atom. The molecule has 1 aliphatic heterocycles. The summed E-state index contributed by atoms with van der Waals surface area (Å²) in [5.74, 6) is -0.130. The minimum Gasteiger partial charge on any atom is -0.427 e. The van der Waals surface area contributed by atoms with Crippen LogP contribution >= 0.6 is 0 Å². The van der Waals surface area contributed by atoms with E-state index in [9.17, 15) is 9.59 Å². The SMILES string of the molecule is C=C1Cc2oc(=O)cc(CO)c2C(=O)N1. The minimum atomic E-state index is -0.569. The molecule has 0 saturated carbocycles. The number of hydrogen-bond donors (Lipinski definition) is 2. The predicted octanol–water partition coefficient (Wildman–Crippen LogP) is -0.0683. The van der Waals surface area contributed by atoms with Gasteiger partial charge in [-0.2, -0.15) is 0 Å². The van der Waals surface area contributed by atoms with Gasteiger partial charge in [-0.05, 0) is 0 Å². The highest BCUT2D eigenvalue weighted by Gasteiger charge is 2.24. The fourth-order valence-electron chi connectivity index (χ4n) is 1.58. The number of amides is 1. The third kappa shape index (κ3) is 1.57. The first-order valence-electron chi connectivity index (χ1n) is 4.37. The van der Waals surface area contributed by atoms with Crippen molar-refractivity contribution >= 4 is 5.91 Å². The van der Waals surface area contributed by atoms with Crippen molar-refractivity contribution in [3.05, 3.63) is 45.6 Å². The Balaban J connectivity index is 2.69. The normalized spacial score (nSPS) is 14.7. The van der Waals surface area contributed by atoms with Gasteiger partial charge in [0.25, 0.3) is 5.91 Å². The second-order valence-electron chi connectivity index (χ2n) is 3.28. The average molecular weight is 207 g/mol. The summed E-state index contributed by atoms with van der Waals surface area (Å²) in [6, 6.07) is 1.12. The van der Waals surface area contributed by atoms with E-state index < -0.39 is 11.5 Å². The third-order valence-corrected chi connectivity index (χ3v) is 2.18. The lowest BCUT2D eigenvalue weighted by molar-refractivity contribution is 0.0950. The van der Waals surface area contributed by atoms with Gasteiger partial charge in [0.1, 0.15) is 5.76 Å². The largest absolute Gasteiger partial charge is 0.427 e. The summed E-state index contributed by atoms with van der Waals surface area (Å²) in [5.41, 5.74) is 0.432. The predicted molar refractivity (Wildman–Crippen MR) is 51.2 cm³/mol. The maximum Gasteiger partial charge on any atom is 0.336 e. The quantitative estimate of drug-likeness (QED) is 0.675. The highest BCUT2D eigenvalue weighted by Crippen LogP contribution is 2.19. The van der Waals surface area contributed by atoms with Crippen molar-refractivity contribution in [3.63, 3.8) is 0 Å². The van der Waals surface area contributed by atoms with Crippen molar-refractivity contribution < 1.29 is 14.3 Å². The molecule has 5 heteroatoms. The smallest absolute Gasteiger partial charge is 0.336 e. The molecule has 0 radical (unpaired) electrons. The highest BCUT2D eigenvalue weighted by molar-refractivity contribution is 5.98. The molecule has 0 aliphatic carbocycles. The van der Waals surface area contributed by atoms with E-state index in [0.29, 0.717) is 5.70 Å². The van der Waals surface area contributed by atoms with Crippen LogP contribution in [0.25, 0.3) is 0 Å². The molecule has 1 aliphatic rings. The van der Waals surface area contributed by atoms with E-state index in [4.69, 9.17) is 9.52 Å². The van der Waals surface area contributed by atoms with Crippen LogP contribution < -0.4 is 10.9 Å². The van der Waals surface area contributed by atoms with Gasteiger partial charge in [0.05, 0.1) is 12.2 Å². The zero-order valence-corrected chi connectivity index (χ0v) is 7.87. The van der Waals surface area contributed by atoms with Crippen LogP contribution in [-0.4, -0.2) is 11.0 Å². The number of rotatable bonds is 1. The van der Waals surface area contributed by atoms with Crippen molar-refractivity contribution in [2.24, 2.45) is 0 Å². The fraction of sp³-hybridized carbons (Fsp3) is 0.200. The van der Waals surface area contributed by atoms with Crippen LogP contribution in [0, 0.1) is 0 Å². The topological polar surface area (TPSA) is 79.5 Å². The van der Waals surface area contributed by atoms with Gasteiger partial charge in [-0.25, -0.2) is 4.79 Å². The zero-order chi connectivity index (χ0) is 11.0. The number of hydrogen-bond acceptors (Lipinski definition) is 4. The lowest BCUT2D eigenvalue weighted by atomic mass is 10.0. The average Bonchev–Trinajstić information content (AvgIpc) is 2.14. The van der Waals surface area contributed by atoms with Gasteiger partial charge in [0.15, 0.2) is 0 Å². The van der Waals surface area contributed by atoms with Gasteiger partial charge in [-0.15, -0.1) is 0 Å². The van der Waals surface area contributed by atoms with Crippen molar-refractivity contribution in [1.82, 2.24) is 5.32 Å². The summed E-state index contributed by atoms with van der Waals surface area (Å²) in [6.45, 7) is 3.22. The molecule has 0 saturated heterocycles. The molecule has 2 heterocycles. The second-order valence-corrected chi connectivity index (χ2v) is 3.28.